The van der Waals surface area contributed by atoms with Gasteiger partial charge in [-0.2, -0.15) is 4.89 Å². The Balaban J connectivity index is 1.84. The Morgan fingerprint density at radius 1 is 1.00 bits per heavy atom. The van der Waals surface area contributed by atoms with E-state index >= 15 is 0 Å². The van der Waals surface area contributed by atoms with Crippen LogP contribution in [0.2, 0.25) is 0 Å². The smallest absolute Gasteiger partial charge is 0.305 e. The molecule has 0 saturated carbocycles. The molecule has 25 heavy (non-hydrogen) atoms. The van der Waals surface area contributed by atoms with E-state index in [0.717, 1.165) is 11.1 Å². The number of rotatable bonds is 9. The minimum Gasteiger partial charge on any atom is -0.469 e. The van der Waals surface area contributed by atoms with Crippen LogP contribution in [0, 0.1) is 0 Å². The Morgan fingerprint density at radius 3 is 2.36 bits per heavy atom. The van der Waals surface area contributed by atoms with E-state index in [4.69, 9.17) is 14.6 Å². The lowest BCUT2D eigenvalue weighted by Gasteiger charge is -2.08. The molecule has 0 atom stereocenters. The molecule has 0 aliphatic heterocycles. The summed E-state index contributed by atoms with van der Waals surface area (Å²) in [5.74, 6) is 0.334. The van der Waals surface area contributed by atoms with Gasteiger partial charge >= 0.3 is 5.97 Å². The Bertz CT molecular complexity index is 683. The quantitative estimate of drug-likeness (QED) is 0.303. The Labute approximate surface area is 146 Å². The fourth-order valence-corrected chi connectivity index (χ4v) is 2.12. The first-order valence-electron chi connectivity index (χ1n) is 7.83. The molecule has 0 unspecified atom stereocenters. The van der Waals surface area contributed by atoms with Gasteiger partial charge in [-0.3, -0.25) is 4.79 Å². The number of esters is 1. The molecule has 0 heterocycles. The lowest BCUT2D eigenvalue weighted by atomic mass is 10.1. The van der Waals surface area contributed by atoms with Crippen molar-refractivity contribution in [2.75, 3.05) is 20.8 Å². The van der Waals surface area contributed by atoms with Crippen LogP contribution in [0.3, 0.4) is 0 Å². The highest BCUT2D eigenvalue weighted by Crippen LogP contribution is 2.14. The van der Waals surface area contributed by atoms with Gasteiger partial charge in [0.2, 0.25) is 0 Å². The molecule has 6 nitrogen and oxygen atoms in total. The van der Waals surface area contributed by atoms with Crippen molar-refractivity contribution in [3.8, 4) is 5.75 Å². The van der Waals surface area contributed by atoms with E-state index in [1.807, 2.05) is 42.5 Å². The number of carbonyl (C=O) groups is 1. The zero-order valence-electron chi connectivity index (χ0n) is 14.3. The predicted octanol–water partition coefficient (Wildman–Crippen LogP) is 3.15. The van der Waals surface area contributed by atoms with Crippen LogP contribution in [0.15, 0.2) is 59.8 Å². The van der Waals surface area contributed by atoms with E-state index in [-0.39, 0.29) is 12.6 Å². The third-order valence-corrected chi connectivity index (χ3v) is 3.43. The van der Waals surface area contributed by atoms with Gasteiger partial charge in [0.25, 0.3) is 0 Å². The van der Waals surface area contributed by atoms with Gasteiger partial charge in [-0.05, 0) is 24.1 Å². The van der Waals surface area contributed by atoms with E-state index in [9.17, 15) is 4.79 Å². The van der Waals surface area contributed by atoms with Crippen molar-refractivity contribution < 1.29 is 24.1 Å². The van der Waals surface area contributed by atoms with Gasteiger partial charge in [-0.25, -0.2) is 0 Å². The van der Waals surface area contributed by atoms with Gasteiger partial charge in [0.05, 0.1) is 7.11 Å². The van der Waals surface area contributed by atoms with Crippen LogP contribution >= 0.6 is 0 Å². The summed E-state index contributed by atoms with van der Waals surface area (Å²) in [4.78, 5) is 26.5. The second-order valence-electron chi connectivity index (χ2n) is 5.15. The summed E-state index contributed by atoms with van der Waals surface area (Å²) < 4.78 is 4.62. The molecule has 0 aliphatic rings. The number of aryl methyl sites for hydroxylation is 1. The van der Waals surface area contributed by atoms with E-state index in [0.29, 0.717) is 24.3 Å². The minimum atomic E-state index is -0.227. The highest BCUT2D eigenvalue weighted by molar-refractivity contribution is 6.01. The number of hydrogen-bond acceptors (Lipinski definition) is 6. The van der Waals surface area contributed by atoms with Crippen molar-refractivity contribution in [3.63, 3.8) is 0 Å². The van der Waals surface area contributed by atoms with Crippen molar-refractivity contribution in [1.82, 2.24) is 0 Å². The topological polar surface area (TPSA) is 66.3 Å². The van der Waals surface area contributed by atoms with Gasteiger partial charge in [0.1, 0.15) is 19.4 Å². The average Bonchev–Trinajstić information content (AvgIpc) is 2.67. The van der Waals surface area contributed by atoms with Gasteiger partial charge < -0.3 is 14.5 Å². The van der Waals surface area contributed by atoms with Gasteiger partial charge in [-0.1, -0.05) is 47.6 Å². The van der Waals surface area contributed by atoms with Gasteiger partial charge in [-0.15, -0.1) is 0 Å². The average molecular weight is 343 g/mol. The van der Waals surface area contributed by atoms with Crippen molar-refractivity contribution in [2.24, 2.45) is 5.16 Å². The molecule has 132 valence electrons. The van der Waals surface area contributed by atoms with E-state index in [2.05, 4.69) is 9.89 Å². The summed E-state index contributed by atoms with van der Waals surface area (Å²) in [7, 11) is 2.87. The standard InChI is InChI=1S/C19H21NO5/c1-22-19(21)13-10-15-8-11-17(12-9-15)25-24-14-18(20-23-2)16-6-4-3-5-7-16/h3-9,11-12H,10,13-14H2,1-2H3/b20-18+. The number of ether oxygens (including phenoxy) is 1. The first kappa shape index (κ1) is 18.5. The first-order chi connectivity index (χ1) is 12.2. The van der Waals surface area contributed by atoms with Crippen molar-refractivity contribution in [3.05, 3.63) is 65.7 Å². The van der Waals surface area contributed by atoms with Gasteiger partial charge in [0, 0.05) is 12.0 Å². The molecule has 0 saturated heterocycles. The number of oxime groups is 1. The van der Waals surface area contributed by atoms with Crippen molar-refractivity contribution in [1.29, 1.82) is 0 Å². The van der Waals surface area contributed by atoms with E-state index in [1.54, 1.807) is 12.1 Å². The Morgan fingerprint density at radius 2 is 1.72 bits per heavy atom. The number of nitrogens with zero attached hydrogens (tertiary/aromatic N) is 1. The zero-order valence-corrected chi connectivity index (χ0v) is 14.3. The fraction of sp³-hybridized carbons (Fsp3) is 0.263. The number of hydrogen-bond donors (Lipinski definition) is 0. The molecular formula is C19H21NO5. The van der Waals surface area contributed by atoms with Crippen LogP contribution in [-0.2, 0) is 25.7 Å². The van der Waals surface area contributed by atoms with Crippen LogP contribution in [0.25, 0.3) is 0 Å². The van der Waals surface area contributed by atoms with E-state index in [1.165, 1.54) is 14.2 Å². The lowest BCUT2D eigenvalue weighted by molar-refractivity contribution is -0.191. The monoisotopic (exact) mass is 343 g/mol. The maximum atomic E-state index is 11.1. The summed E-state index contributed by atoms with van der Waals surface area (Å²) in [6.45, 7) is 0.141. The fourth-order valence-electron chi connectivity index (χ4n) is 2.12. The lowest BCUT2D eigenvalue weighted by Crippen LogP contribution is -2.13. The summed E-state index contributed by atoms with van der Waals surface area (Å²) in [5.41, 5.74) is 2.53. The summed E-state index contributed by atoms with van der Waals surface area (Å²) in [6.07, 6.45) is 0.966. The van der Waals surface area contributed by atoms with Crippen molar-refractivity contribution in [2.45, 2.75) is 12.8 Å². The molecule has 2 rings (SSSR count). The predicted molar refractivity (Wildman–Crippen MR) is 93.3 cm³/mol. The number of benzene rings is 2. The highest BCUT2D eigenvalue weighted by Gasteiger charge is 2.06. The molecule has 0 fully saturated rings. The molecule has 0 spiro atoms. The first-order valence-corrected chi connectivity index (χ1v) is 7.83. The third-order valence-electron chi connectivity index (χ3n) is 3.43. The Hall–Kier alpha value is -2.86. The second-order valence-corrected chi connectivity index (χ2v) is 5.15. The molecule has 0 aromatic heterocycles. The summed E-state index contributed by atoms with van der Waals surface area (Å²) in [5, 5.41) is 3.96. The van der Waals surface area contributed by atoms with Crippen LogP contribution in [0.4, 0.5) is 0 Å². The molecular weight excluding hydrogens is 322 g/mol. The minimum absolute atomic E-state index is 0.141. The van der Waals surface area contributed by atoms with Crippen molar-refractivity contribution >= 4 is 11.7 Å². The second kappa shape index (κ2) is 10.1. The molecule has 0 N–H and O–H groups in total. The van der Waals surface area contributed by atoms with Crippen LogP contribution < -0.4 is 4.89 Å². The largest absolute Gasteiger partial charge is 0.469 e. The van der Waals surface area contributed by atoms with Gasteiger partial charge in [0.15, 0.2) is 5.75 Å². The van der Waals surface area contributed by atoms with Crippen LogP contribution in [0.5, 0.6) is 5.75 Å². The molecule has 0 amide bonds. The molecule has 0 radical (unpaired) electrons. The number of carbonyl (C=O) groups excluding carboxylic acids is 1. The van der Waals surface area contributed by atoms with E-state index < -0.39 is 0 Å². The number of methoxy groups -OCH3 is 1. The molecule has 2 aromatic rings. The summed E-state index contributed by atoms with van der Waals surface area (Å²) >= 11 is 0. The normalized spacial score (nSPS) is 11.0. The van der Waals surface area contributed by atoms with Crippen LogP contribution in [0.1, 0.15) is 17.5 Å². The molecule has 0 aliphatic carbocycles. The summed E-state index contributed by atoms with van der Waals surface area (Å²) in [6, 6.07) is 16.9. The maximum Gasteiger partial charge on any atom is 0.305 e. The molecule has 6 heteroatoms. The zero-order chi connectivity index (χ0) is 17.9. The Kier molecular flexibility index (Phi) is 7.46. The molecule has 2 aromatic carbocycles. The third kappa shape index (κ3) is 6.27. The van der Waals surface area contributed by atoms with Crippen LogP contribution in [-0.4, -0.2) is 32.5 Å². The highest BCUT2D eigenvalue weighted by atomic mass is 17.2. The SMILES string of the molecule is CO/N=C(\COOc1ccc(CCC(=O)OC)cc1)c1ccccc1. The maximum absolute atomic E-state index is 11.1. The molecule has 0 bridgehead atoms.